The van der Waals surface area contributed by atoms with E-state index in [1.165, 1.54) is 12.1 Å². The van der Waals surface area contributed by atoms with Crippen LogP contribution < -0.4 is 10.6 Å². The highest BCUT2D eigenvalue weighted by atomic mass is 32.1. The molecule has 2 N–H and O–H groups in total. The van der Waals surface area contributed by atoms with Crippen LogP contribution in [0.4, 0.5) is 23.9 Å². The van der Waals surface area contributed by atoms with Crippen LogP contribution in [0.2, 0.25) is 0 Å². The van der Waals surface area contributed by atoms with Gasteiger partial charge in [0.05, 0.1) is 15.4 Å². The molecule has 2 amide bonds. The Balaban J connectivity index is 1.73. The summed E-state index contributed by atoms with van der Waals surface area (Å²) in [4.78, 5) is 24.5. The van der Waals surface area contributed by atoms with Gasteiger partial charge in [-0.1, -0.05) is 6.07 Å². The molecular weight excluding hydrogens is 353 g/mol. The first-order chi connectivity index (χ1) is 11.7. The Morgan fingerprint density at radius 2 is 1.88 bits per heavy atom. The number of hydrogen-bond acceptors (Lipinski definition) is 3. The third-order valence-electron chi connectivity index (χ3n) is 3.77. The number of alkyl halides is 3. The predicted octanol–water partition coefficient (Wildman–Crippen LogP) is 4.68. The molecule has 4 nitrogen and oxygen atoms in total. The van der Waals surface area contributed by atoms with E-state index in [1.54, 1.807) is 13.0 Å². The molecule has 0 radical (unpaired) electrons. The monoisotopic (exact) mass is 368 g/mol. The molecule has 3 rings (SSSR count). The van der Waals surface area contributed by atoms with Crippen LogP contribution in [-0.2, 0) is 11.0 Å². The predicted molar refractivity (Wildman–Crippen MR) is 89.8 cm³/mol. The van der Waals surface area contributed by atoms with Crippen LogP contribution >= 0.6 is 11.3 Å². The van der Waals surface area contributed by atoms with Crippen molar-refractivity contribution in [3.63, 3.8) is 0 Å². The van der Waals surface area contributed by atoms with Gasteiger partial charge in [-0.15, -0.1) is 11.3 Å². The lowest BCUT2D eigenvalue weighted by Crippen LogP contribution is -2.13. The maximum atomic E-state index is 12.7. The van der Waals surface area contributed by atoms with E-state index in [1.807, 2.05) is 0 Å². The smallest absolute Gasteiger partial charge is 0.321 e. The van der Waals surface area contributed by atoms with E-state index in [-0.39, 0.29) is 17.5 Å². The second-order valence-electron chi connectivity index (χ2n) is 5.92. The Kier molecular flexibility index (Phi) is 4.55. The number of amides is 2. The molecule has 1 aliphatic rings. The number of aryl methyl sites for hydroxylation is 1. The summed E-state index contributed by atoms with van der Waals surface area (Å²) in [5.74, 6) is -0.523. The lowest BCUT2D eigenvalue weighted by Gasteiger charge is -2.09. The fourth-order valence-electron chi connectivity index (χ4n) is 2.30. The molecule has 2 aromatic rings. The van der Waals surface area contributed by atoms with Crippen LogP contribution in [-0.4, -0.2) is 11.8 Å². The van der Waals surface area contributed by atoms with Crippen LogP contribution in [0.1, 0.15) is 33.6 Å². The fourth-order valence-corrected chi connectivity index (χ4v) is 3.27. The molecule has 0 saturated heterocycles. The zero-order valence-corrected chi connectivity index (χ0v) is 14.1. The van der Waals surface area contributed by atoms with E-state index >= 15 is 0 Å². The molecule has 132 valence electrons. The van der Waals surface area contributed by atoms with Crippen molar-refractivity contribution in [2.24, 2.45) is 5.92 Å². The Morgan fingerprint density at radius 1 is 1.16 bits per heavy atom. The Labute approximate surface area is 146 Å². The summed E-state index contributed by atoms with van der Waals surface area (Å²) in [5, 5.41) is 5.79. The molecule has 8 heteroatoms. The zero-order valence-electron chi connectivity index (χ0n) is 13.2. The molecule has 0 spiro atoms. The van der Waals surface area contributed by atoms with Crippen molar-refractivity contribution in [3.8, 4) is 0 Å². The van der Waals surface area contributed by atoms with Gasteiger partial charge in [-0.3, -0.25) is 9.59 Å². The maximum absolute atomic E-state index is 12.7. The molecule has 25 heavy (non-hydrogen) atoms. The van der Waals surface area contributed by atoms with Gasteiger partial charge < -0.3 is 10.6 Å². The van der Waals surface area contributed by atoms with Gasteiger partial charge in [-0.25, -0.2) is 0 Å². The van der Waals surface area contributed by atoms with Crippen LogP contribution in [0.25, 0.3) is 0 Å². The van der Waals surface area contributed by atoms with Gasteiger partial charge in [-0.2, -0.15) is 13.2 Å². The molecular formula is C17H15F3N2O2S. The number of anilines is 2. The van der Waals surface area contributed by atoms with Gasteiger partial charge >= 0.3 is 6.18 Å². The average Bonchev–Trinajstić information content (AvgIpc) is 3.31. The van der Waals surface area contributed by atoms with Crippen molar-refractivity contribution < 1.29 is 22.8 Å². The number of nitrogens with one attached hydrogen (secondary N) is 2. The Morgan fingerprint density at radius 3 is 2.52 bits per heavy atom. The lowest BCUT2D eigenvalue weighted by molar-refractivity contribution is -0.137. The highest BCUT2D eigenvalue weighted by molar-refractivity contribution is 7.18. The summed E-state index contributed by atoms with van der Waals surface area (Å²) < 4.78 is 38.2. The molecule has 1 fully saturated rings. The first-order valence-corrected chi connectivity index (χ1v) is 8.45. The lowest BCUT2D eigenvalue weighted by atomic mass is 10.2. The summed E-state index contributed by atoms with van der Waals surface area (Å²) in [7, 11) is 0. The normalized spacial score (nSPS) is 14.2. The fraction of sp³-hybridized carbons (Fsp3) is 0.294. The third kappa shape index (κ3) is 4.19. The summed E-state index contributed by atoms with van der Waals surface area (Å²) in [6, 6.07) is 6.15. The van der Waals surface area contributed by atoms with Gasteiger partial charge in [-0.05, 0) is 49.6 Å². The standard InChI is InChI=1S/C17H15F3N2O2S/c1-9-7-13(22-15(23)10-5-6-10)25-14(9)16(24)21-12-4-2-3-11(8-12)17(18,19)20/h2-4,7-8,10H,5-6H2,1H3,(H,21,24)(H,22,23). The van der Waals surface area contributed by atoms with Gasteiger partial charge in [0.25, 0.3) is 5.91 Å². The van der Waals surface area contributed by atoms with Crippen LogP contribution in [0.15, 0.2) is 30.3 Å². The quantitative estimate of drug-likeness (QED) is 0.823. The second-order valence-corrected chi connectivity index (χ2v) is 6.97. The number of rotatable bonds is 4. The summed E-state index contributed by atoms with van der Waals surface area (Å²) in [5.41, 5.74) is -0.109. The summed E-state index contributed by atoms with van der Waals surface area (Å²) >= 11 is 1.10. The van der Waals surface area contributed by atoms with Gasteiger partial charge in [0.2, 0.25) is 5.91 Å². The Bertz CT molecular complexity index is 826. The number of thiophene rings is 1. The number of carbonyl (C=O) groups is 2. The molecule has 1 heterocycles. The Hall–Kier alpha value is -2.35. The molecule has 0 aliphatic heterocycles. The number of benzene rings is 1. The molecule has 0 unspecified atom stereocenters. The molecule has 0 bridgehead atoms. The van der Waals surface area contributed by atoms with E-state index in [0.717, 1.165) is 36.3 Å². The SMILES string of the molecule is Cc1cc(NC(=O)C2CC2)sc1C(=O)Nc1cccc(C(F)(F)F)c1. The maximum Gasteiger partial charge on any atom is 0.416 e. The minimum Gasteiger partial charge on any atom is -0.321 e. The minimum absolute atomic E-state index is 0.0461. The van der Waals surface area contributed by atoms with Crippen molar-refractivity contribution in [3.05, 3.63) is 46.3 Å². The van der Waals surface area contributed by atoms with Crippen molar-refractivity contribution in [1.82, 2.24) is 0 Å². The third-order valence-corrected chi connectivity index (χ3v) is 4.92. The van der Waals surface area contributed by atoms with E-state index in [9.17, 15) is 22.8 Å². The largest absolute Gasteiger partial charge is 0.416 e. The van der Waals surface area contributed by atoms with E-state index in [0.29, 0.717) is 15.4 Å². The number of hydrogen-bond donors (Lipinski definition) is 2. The van der Waals surface area contributed by atoms with Crippen molar-refractivity contribution in [1.29, 1.82) is 0 Å². The van der Waals surface area contributed by atoms with Crippen LogP contribution in [0.3, 0.4) is 0 Å². The minimum atomic E-state index is -4.47. The van der Waals surface area contributed by atoms with E-state index < -0.39 is 17.6 Å². The van der Waals surface area contributed by atoms with Crippen molar-refractivity contribution in [2.45, 2.75) is 25.9 Å². The van der Waals surface area contributed by atoms with E-state index in [4.69, 9.17) is 0 Å². The first-order valence-electron chi connectivity index (χ1n) is 7.64. The molecule has 0 atom stereocenters. The zero-order chi connectivity index (χ0) is 18.2. The highest BCUT2D eigenvalue weighted by Crippen LogP contribution is 2.34. The van der Waals surface area contributed by atoms with Gasteiger partial charge in [0.1, 0.15) is 0 Å². The second kappa shape index (κ2) is 6.51. The van der Waals surface area contributed by atoms with Crippen molar-refractivity contribution in [2.75, 3.05) is 10.6 Å². The van der Waals surface area contributed by atoms with Gasteiger partial charge in [0, 0.05) is 11.6 Å². The molecule has 1 aromatic carbocycles. The van der Waals surface area contributed by atoms with Crippen molar-refractivity contribution >= 4 is 33.8 Å². The summed E-state index contributed by atoms with van der Waals surface area (Å²) in [6.07, 6.45) is -2.72. The van der Waals surface area contributed by atoms with Gasteiger partial charge in [0.15, 0.2) is 0 Å². The number of carbonyl (C=O) groups excluding carboxylic acids is 2. The number of halogens is 3. The topological polar surface area (TPSA) is 58.2 Å². The molecule has 1 saturated carbocycles. The molecule has 1 aromatic heterocycles. The average molecular weight is 368 g/mol. The van der Waals surface area contributed by atoms with E-state index in [2.05, 4.69) is 10.6 Å². The molecule has 1 aliphatic carbocycles. The summed E-state index contributed by atoms with van der Waals surface area (Å²) in [6.45, 7) is 1.71. The van der Waals surface area contributed by atoms with Crippen LogP contribution in [0, 0.1) is 12.8 Å². The first kappa shape index (κ1) is 17.5. The highest BCUT2D eigenvalue weighted by Gasteiger charge is 2.31. The van der Waals surface area contributed by atoms with Crippen LogP contribution in [0.5, 0.6) is 0 Å².